The Morgan fingerprint density at radius 3 is 2.95 bits per heavy atom. The Hall–Kier alpha value is -1.00. The average molecular weight is 281 g/mol. The zero-order valence-corrected chi connectivity index (χ0v) is 11.8. The lowest BCUT2D eigenvalue weighted by Gasteiger charge is -2.46. The monoisotopic (exact) mass is 281 g/mol. The van der Waals surface area contributed by atoms with Crippen LogP contribution >= 0.6 is 0 Å². The molecule has 2 aliphatic rings. The van der Waals surface area contributed by atoms with E-state index in [2.05, 4.69) is 12.2 Å². The van der Waals surface area contributed by atoms with E-state index in [0.29, 0.717) is 18.0 Å². The summed E-state index contributed by atoms with van der Waals surface area (Å²) in [5.74, 6) is -0.420. The third-order valence-corrected chi connectivity index (χ3v) is 4.53. The zero-order valence-electron chi connectivity index (χ0n) is 11.8. The first kappa shape index (κ1) is 14.0. The maximum Gasteiger partial charge on any atom is 0.131 e. The molecule has 1 aromatic rings. The van der Waals surface area contributed by atoms with Crippen LogP contribution in [0, 0.1) is 17.6 Å². The van der Waals surface area contributed by atoms with Gasteiger partial charge in [0.05, 0.1) is 11.7 Å². The molecule has 1 spiro atoms. The van der Waals surface area contributed by atoms with Gasteiger partial charge < -0.3 is 10.1 Å². The Labute approximate surface area is 118 Å². The molecule has 0 radical (unpaired) electrons. The molecule has 1 heterocycles. The Bertz CT molecular complexity index is 489. The van der Waals surface area contributed by atoms with Crippen LogP contribution in [0.25, 0.3) is 0 Å². The van der Waals surface area contributed by atoms with Gasteiger partial charge in [-0.15, -0.1) is 0 Å². The van der Waals surface area contributed by atoms with E-state index < -0.39 is 11.6 Å². The number of ether oxygens (including phenoxy) is 1. The largest absolute Gasteiger partial charge is 0.364 e. The molecule has 1 saturated heterocycles. The minimum absolute atomic E-state index is 0.179. The van der Waals surface area contributed by atoms with E-state index in [0.717, 1.165) is 31.9 Å². The minimum atomic E-state index is -0.545. The molecule has 4 heteroatoms. The molecule has 2 nitrogen and oxygen atoms in total. The highest BCUT2D eigenvalue weighted by molar-refractivity contribution is 5.22. The van der Waals surface area contributed by atoms with Crippen molar-refractivity contribution in [3.05, 3.63) is 35.4 Å². The van der Waals surface area contributed by atoms with Gasteiger partial charge in [0.15, 0.2) is 0 Å². The summed E-state index contributed by atoms with van der Waals surface area (Å²) >= 11 is 0. The highest BCUT2D eigenvalue weighted by atomic mass is 19.1. The molecule has 1 N–H and O–H groups in total. The van der Waals surface area contributed by atoms with E-state index in [1.165, 1.54) is 18.6 Å². The number of nitrogens with one attached hydrogen (secondary N) is 1. The maximum absolute atomic E-state index is 13.9. The standard InChI is InChI=1S/C16H21F2NO/c1-11-3-2-6-16(8-11)10-19-9-15(20-16)13-5-4-12(17)7-14(13)18/h4-5,7,11,15,19H,2-3,6,8-10H2,1H3. The molecule has 2 fully saturated rings. The van der Waals surface area contributed by atoms with Crippen molar-refractivity contribution in [2.75, 3.05) is 13.1 Å². The van der Waals surface area contributed by atoms with Crippen LogP contribution in [-0.4, -0.2) is 18.7 Å². The topological polar surface area (TPSA) is 21.3 Å². The Balaban J connectivity index is 1.81. The van der Waals surface area contributed by atoms with Crippen LogP contribution < -0.4 is 5.32 Å². The number of rotatable bonds is 1. The first-order valence-electron chi connectivity index (χ1n) is 7.41. The predicted octanol–water partition coefficient (Wildman–Crippen LogP) is 3.57. The second-order valence-electron chi connectivity index (χ2n) is 6.29. The molecule has 110 valence electrons. The zero-order chi connectivity index (χ0) is 14.2. The van der Waals surface area contributed by atoms with E-state index in [4.69, 9.17) is 4.74 Å². The molecule has 3 atom stereocenters. The van der Waals surface area contributed by atoms with Crippen molar-refractivity contribution in [1.82, 2.24) is 5.32 Å². The highest BCUT2D eigenvalue weighted by Gasteiger charge is 2.41. The highest BCUT2D eigenvalue weighted by Crippen LogP contribution is 2.40. The molecule has 1 aliphatic carbocycles. The Kier molecular flexibility index (Phi) is 3.78. The second kappa shape index (κ2) is 5.41. The summed E-state index contributed by atoms with van der Waals surface area (Å²) in [6.45, 7) is 3.65. The molecule has 3 unspecified atom stereocenters. The molecule has 3 rings (SSSR count). The van der Waals surface area contributed by atoms with Gasteiger partial charge in [0, 0.05) is 24.7 Å². The van der Waals surface area contributed by atoms with E-state index in [1.54, 1.807) is 0 Å². The minimum Gasteiger partial charge on any atom is -0.364 e. The quantitative estimate of drug-likeness (QED) is 0.849. The van der Waals surface area contributed by atoms with Gasteiger partial charge in [-0.25, -0.2) is 8.78 Å². The molecular formula is C16H21F2NO. The molecule has 1 saturated carbocycles. The third kappa shape index (κ3) is 2.72. The summed E-state index contributed by atoms with van der Waals surface area (Å²) in [6, 6.07) is 3.73. The van der Waals surface area contributed by atoms with Crippen LogP contribution in [0.4, 0.5) is 8.78 Å². The molecule has 0 aromatic heterocycles. The molecule has 1 aliphatic heterocycles. The lowest BCUT2D eigenvalue weighted by atomic mass is 9.77. The maximum atomic E-state index is 13.9. The van der Waals surface area contributed by atoms with Gasteiger partial charge in [-0.05, 0) is 24.8 Å². The number of benzene rings is 1. The van der Waals surface area contributed by atoms with Crippen LogP contribution in [0.5, 0.6) is 0 Å². The number of morpholine rings is 1. The molecule has 0 amide bonds. The van der Waals surface area contributed by atoms with Crippen molar-refractivity contribution in [3.8, 4) is 0 Å². The summed E-state index contributed by atoms with van der Waals surface area (Å²) in [7, 11) is 0. The van der Waals surface area contributed by atoms with Crippen LogP contribution in [0.3, 0.4) is 0 Å². The lowest BCUT2D eigenvalue weighted by molar-refractivity contribution is -0.144. The van der Waals surface area contributed by atoms with Crippen molar-refractivity contribution in [1.29, 1.82) is 0 Å². The smallest absolute Gasteiger partial charge is 0.131 e. The molecule has 0 bridgehead atoms. The molecule has 20 heavy (non-hydrogen) atoms. The fraction of sp³-hybridized carbons (Fsp3) is 0.625. The summed E-state index contributed by atoms with van der Waals surface area (Å²) in [4.78, 5) is 0. The number of hydrogen-bond acceptors (Lipinski definition) is 2. The SMILES string of the molecule is CC1CCCC2(CNCC(c3ccc(F)cc3F)O2)C1. The van der Waals surface area contributed by atoms with Gasteiger partial charge in [-0.2, -0.15) is 0 Å². The molecule has 1 aromatic carbocycles. The van der Waals surface area contributed by atoms with Gasteiger partial charge in [0.2, 0.25) is 0 Å². The van der Waals surface area contributed by atoms with Crippen LogP contribution in [0.1, 0.15) is 44.3 Å². The summed E-state index contributed by atoms with van der Waals surface area (Å²) in [5, 5.41) is 3.37. The number of halogens is 2. The van der Waals surface area contributed by atoms with Gasteiger partial charge in [0.25, 0.3) is 0 Å². The second-order valence-corrected chi connectivity index (χ2v) is 6.29. The van der Waals surface area contributed by atoms with Crippen molar-refractivity contribution >= 4 is 0 Å². The van der Waals surface area contributed by atoms with Gasteiger partial charge >= 0.3 is 0 Å². The fourth-order valence-corrected chi connectivity index (χ4v) is 3.63. The van der Waals surface area contributed by atoms with Crippen LogP contribution in [0.2, 0.25) is 0 Å². The molecular weight excluding hydrogens is 260 g/mol. The van der Waals surface area contributed by atoms with Gasteiger partial charge in [0.1, 0.15) is 11.6 Å². The first-order chi connectivity index (χ1) is 9.58. The van der Waals surface area contributed by atoms with E-state index in [1.807, 2.05) is 0 Å². The Morgan fingerprint density at radius 2 is 2.20 bits per heavy atom. The van der Waals surface area contributed by atoms with Crippen molar-refractivity contribution in [2.24, 2.45) is 5.92 Å². The van der Waals surface area contributed by atoms with Gasteiger partial charge in [-0.1, -0.05) is 25.8 Å². The lowest BCUT2D eigenvalue weighted by Crippen LogP contribution is -2.53. The number of hydrogen-bond donors (Lipinski definition) is 1. The average Bonchev–Trinajstić information content (AvgIpc) is 2.38. The first-order valence-corrected chi connectivity index (χ1v) is 7.41. The summed E-state index contributed by atoms with van der Waals surface area (Å²) in [5.41, 5.74) is 0.276. The Morgan fingerprint density at radius 1 is 1.35 bits per heavy atom. The van der Waals surface area contributed by atoms with Gasteiger partial charge in [-0.3, -0.25) is 0 Å². The van der Waals surface area contributed by atoms with E-state index >= 15 is 0 Å². The van der Waals surface area contributed by atoms with Crippen LogP contribution in [-0.2, 0) is 4.74 Å². The van der Waals surface area contributed by atoms with Crippen LogP contribution in [0.15, 0.2) is 18.2 Å². The third-order valence-electron chi connectivity index (χ3n) is 4.53. The fourth-order valence-electron chi connectivity index (χ4n) is 3.63. The summed E-state index contributed by atoms with van der Waals surface area (Å²) in [6.07, 6.45) is 4.10. The summed E-state index contributed by atoms with van der Waals surface area (Å²) < 4.78 is 33.2. The normalized spacial score (nSPS) is 34.4. The van der Waals surface area contributed by atoms with E-state index in [-0.39, 0.29) is 11.7 Å². The van der Waals surface area contributed by atoms with Crippen molar-refractivity contribution in [2.45, 2.75) is 44.3 Å². The van der Waals surface area contributed by atoms with Crippen molar-refractivity contribution < 1.29 is 13.5 Å². The predicted molar refractivity (Wildman–Crippen MR) is 73.4 cm³/mol. The van der Waals surface area contributed by atoms with E-state index in [9.17, 15) is 8.78 Å². The van der Waals surface area contributed by atoms with Crippen molar-refractivity contribution in [3.63, 3.8) is 0 Å².